The lowest BCUT2D eigenvalue weighted by Gasteiger charge is -2.27. The van der Waals surface area contributed by atoms with Crippen molar-refractivity contribution in [1.82, 2.24) is 9.55 Å². The number of H-pyrrole nitrogens is 1. The van der Waals surface area contributed by atoms with Gasteiger partial charge in [-0.3, -0.25) is 0 Å². The first-order chi connectivity index (χ1) is 8.84. The van der Waals surface area contributed by atoms with Crippen LogP contribution in [-0.2, 0) is 6.54 Å². The van der Waals surface area contributed by atoms with E-state index in [0.717, 1.165) is 17.6 Å². The largest absolute Gasteiger partial charge is 0.329 e. The monoisotopic (exact) mass is 273 g/mol. The van der Waals surface area contributed by atoms with Crippen LogP contribution >= 0.6 is 12.2 Å². The number of nitrogens with one attached hydrogen (secondary N) is 1. The highest BCUT2D eigenvalue weighted by molar-refractivity contribution is 7.71. The summed E-state index contributed by atoms with van der Waals surface area (Å²) in [7, 11) is 0. The van der Waals surface area contributed by atoms with Crippen molar-refractivity contribution in [3.8, 4) is 6.07 Å². The van der Waals surface area contributed by atoms with E-state index in [0.29, 0.717) is 16.3 Å². The Morgan fingerprint density at radius 1 is 1.42 bits per heavy atom. The average Bonchev–Trinajstić information content (AvgIpc) is 2.65. The summed E-state index contributed by atoms with van der Waals surface area (Å²) in [6.07, 6.45) is 0. The van der Waals surface area contributed by atoms with Gasteiger partial charge in [0.1, 0.15) is 6.07 Å². The van der Waals surface area contributed by atoms with Crippen molar-refractivity contribution in [1.29, 1.82) is 5.26 Å². The summed E-state index contributed by atoms with van der Waals surface area (Å²) < 4.78 is 2.79. The van der Waals surface area contributed by atoms with Crippen molar-refractivity contribution in [3.63, 3.8) is 0 Å². The third-order valence-electron chi connectivity index (χ3n) is 3.87. The van der Waals surface area contributed by atoms with Gasteiger partial charge in [0, 0.05) is 6.54 Å². The molecule has 1 heterocycles. The highest BCUT2D eigenvalue weighted by atomic mass is 32.1. The number of nitrogens with zero attached hydrogens (tertiary/aromatic N) is 2. The summed E-state index contributed by atoms with van der Waals surface area (Å²) in [5.41, 5.74) is 2.73. The van der Waals surface area contributed by atoms with Crippen LogP contribution in [0.5, 0.6) is 0 Å². The van der Waals surface area contributed by atoms with Crippen LogP contribution in [0.1, 0.15) is 33.3 Å². The molecule has 0 fully saturated rings. The summed E-state index contributed by atoms with van der Waals surface area (Å²) >= 11 is 5.40. The first-order valence-electron chi connectivity index (χ1n) is 6.46. The molecule has 1 unspecified atom stereocenters. The predicted molar refractivity (Wildman–Crippen MR) is 80.5 cm³/mol. The second kappa shape index (κ2) is 4.82. The predicted octanol–water partition coefficient (Wildman–Crippen LogP) is 4.25. The van der Waals surface area contributed by atoms with Crippen LogP contribution < -0.4 is 0 Å². The van der Waals surface area contributed by atoms with Crippen LogP contribution in [-0.4, -0.2) is 9.55 Å². The average molecular weight is 273 g/mol. The molecule has 100 valence electrons. The Balaban J connectivity index is 2.54. The van der Waals surface area contributed by atoms with Crippen molar-refractivity contribution in [2.45, 2.75) is 34.2 Å². The fraction of sp³-hybridized carbons (Fsp3) is 0.467. The van der Waals surface area contributed by atoms with Crippen molar-refractivity contribution in [2.24, 2.45) is 11.3 Å². The number of aromatic nitrogens is 2. The Morgan fingerprint density at radius 2 is 2.11 bits per heavy atom. The molecule has 0 spiro atoms. The number of benzene rings is 1. The Labute approximate surface area is 118 Å². The summed E-state index contributed by atoms with van der Waals surface area (Å²) in [6, 6.07) is 7.93. The van der Waals surface area contributed by atoms with Crippen LogP contribution in [0.15, 0.2) is 18.2 Å². The third kappa shape index (κ3) is 2.57. The number of hydrogen-bond donors (Lipinski definition) is 1. The quantitative estimate of drug-likeness (QED) is 0.831. The minimum Gasteiger partial charge on any atom is -0.329 e. The van der Waals surface area contributed by atoms with Gasteiger partial charge in [0.2, 0.25) is 0 Å². The minimum atomic E-state index is 0.227. The molecule has 0 bridgehead atoms. The first-order valence-corrected chi connectivity index (χ1v) is 6.87. The lowest BCUT2D eigenvalue weighted by Crippen LogP contribution is -2.22. The van der Waals surface area contributed by atoms with Crippen LogP contribution in [0.25, 0.3) is 11.0 Å². The summed E-state index contributed by atoms with van der Waals surface area (Å²) in [6.45, 7) is 9.79. The standard InChI is InChI=1S/C15H19N3S/c1-10(15(2,3)4)9-18-12-7-5-6-11(8-16)13(12)17-14(18)19/h5-7,10H,9H2,1-4H3,(H,17,19). The second-order valence-corrected chi connectivity index (χ2v) is 6.51. The molecule has 1 aromatic carbocycles. The van der Waals surface area contributed by atoms with Gasteiger partial charge < -0.3 is 9.55 Å². The summed E-state index contributed by atoms with van der Waals surface area (Å²) in [5.74, 6) is 0.490. The molecule has 1 aromatic heterocycles. The summed E-state index contributed by atoms with van der Waals surface area (Å²) in [4.78, 5) is 3.16. The van der Waals surface area contributed by atoms with Gasteiger partial charge in [-0.1, -0.05) is 33.8 Å². The number of nitriles is 1. The van der Waals surface area contributed by atoms with E-state index in [2.05, 4.69) is 43.3 Å². The number of imidazole rings is 1. The van der Waals surface area contributed by atoms with Crippen LogP contribution in [0.4, 0.5) is 0 Å². The van der Waals surface area contributed by atoms with Gasteiger partial charge in [-0.25, -0.2) is 0 Å². The smallest absolute Gasteiger partial charge is 0.178 e. The zero-order chi connectivity index (χ0) is 14.2. The molecule has 1 atom stereocenters. The number of fused-ring (bicyclic) bond motifs is 1. The fourth-order valence-electron chi connectivity index (χ4n) is 2.00. The van der Waals surface area contributed by atoms with E-state index in [-0.39, 0.29) is 5.41 Å². The molecule has 0 aliphatic rings. The van der Waals surface area contributed by atoms with Crippen molar-refractivity contribution in [2.75, 3.05) is 0 Å². The maximum Gasteiger partial charge on any atom is 0.178 e. The van der Waals surface area contributed by atoms with Crippen molar-refractivity contribution in [3.05, 3.63) is 28.5 Å². The number of aromatic amines is 1. The van der Waals surface area contributed by atoms with E-state index < -0.39 is 0 Å². The lowest BCUT2D eigenvalue weighted by molar-refractivity contribution is 0.234. The Morgan fingerprint density at radius 3 is 2.68 bits per heavy atom. The SMILES string of the molecule is CC(Cn1c(=S)[nH]c2c(C#N)cccc21)C(C)(C)C. The molecular formula is C15H19N3S. The van der Waals surface area contributed by atoms with Gasteiger partial charge in [-0.2, -0.15) is 5.26 Å². The van der Waals surface area contributed by atoms with Gasteiger partial charge in [0.15, 0.2) is 4.77 Å². The lowest BCUT2D eigenvalue weighted by atomic mass is 9.82. The van der Waals surface area contributed by atoms with Gasteiger partial charge in [0.25, 0.3) is 0 Å². The number of rotatable bonds is 2. The van der Waals surface area contributed by atoms with Crippen molar-refractivity contribution >= 4 is 23.3 Å². The first kappa shape index (κ1) is 13.8. The summed E-state index contributed by atoms with van der Waals surface area (Å²) in [5, 5.41) is 9.13. The van der Waals surface area contributed by atoms with Gasteiger partial charge in [0.05, 0.1) is 16.6 Å². The number of hydrogen-bond acceptors (Lipinski definition) is 2. The van der Waals surface area contributed by atoms with E-state index >= 15 is 0 Å². The van der Waals surface area contributed by atoms with E-state index in [9.17, 15) is 0 Å². The maximum absolute atomic E-state index is 9.13. The maximum atomic E-state index is 9.13. The van der Waals surface area contributed by atoms with Crippen LogP contribution in [0.3, 0.4) is 0 Å². The van der Waals surface area contributed by atoms with Crippen LogP contribution in [0.2, 0.25) is 0 Å². The zero-order valence-electron chi connectivity index (χ0n) is 11.8. The fourth-order valence-corrected chi connectivity index (χ4v) is 2.28. The molecular weight excluding hydrogens is 254 g/mol. The zero-order valence-corrected chi connectivity index (χ0v) is 12.6. The molecule has 0 aliphatic heterocycles. The molecule has 2 rings (SSSR count). The number of para-hydroxylation sites is 1. The molecule has 3 nitrogen and oxygen atoms in total. The Hall–Kier alpha value is -1.60. The molecule has 0 amide bonds. The molecule has 0 saturated carbocycles. The molecule has 1 N–H and O–H groups in total. The molecule has 4 heteroatoms. The van der Waals surface area contributed by atoms with E-state index in [1.165, 1.54) is 0 Å². The van der Waals surface area contributed by atoms with Crippen molar-refractivity contribution < 1.29 is 0 Å². The highest BCUT2D eigenvalue weighted by Gasteiger charge is 2.21. The molecule has 19 heavy (non-hydrogen) atoms. The topological polar surface area (TPSA) is 44.5 Å². The molecule has 0 saturated heterocycles. The van der Waals surface area contributed by atoms with E-state index in [1.807, 2.05) is 18.2 Å². The third-order valence-corrected chi connectivity index (χ3v) is 4.19. The molecule has 0 radical (unpaired) electrons. The van der Waals surface area contributed by atoms with Crippen LogP contribution in [0, 0.1) is 27.4 Å². The normalized spacial score (nSPS) is 13.4. The highest BCUT2D eigenvalue weighted by Crippen LogP contribution is 2.28. The minimum absolute atomic E-state index is 0.227. The van der Waals surface area contributed by atoms with Gasteiger partial charge in [-0.15, -0.1) is 0 Å². The Bertz CT molecular complexity index is 695. The second-order valence-electron chi connectivity index (χ2n) is 6.12. The van der Waals surface area contributed by atoms with E-state index in [4.69, 9.17) is 17.5 Å². The molecule has 2 aromatic rings. The van der Waals surface area contributed by atoms with Gasteiger partial charge in [-0.05, 0) is 35.7 Å². The van der Waals surface area contributed by atoms with Gasteiger partial charge >= 0.3 is 0 Å². The Kier molecular flexibility index (Phi) is 3.51. The van der Waals surface area contributed by atoms with E-state index in [1.54, 1.807) is 0 Å². The molecule has 0 aliphatic carbocycles.